The van der Waals surface area contributed by atoms with Crippen molar-refractivity contribution in [1.29, 1.82) is 0 Å². The van der Waals surface area contributed by atoms with Gasteiger partial charge in [0.05, 0.1) is 0 Å². The zero-order valence-corrected chi connectivity index (χ0v) is 10.5. The lowest BCUT2D eigenvalue weighted by Gasteiger charge is -2.30. The molecule has 2 heteroatoms. The highest BCUT2D eigenvalue weighted by Gasteiger charge is 2.21. The second-order valence-electron chi connectivity index (χ2n) is 5.60. The van der Waals surface area contributed by atoms with Crippen molar-refractivity contribution >= 4 is 0 Å². The third-order valence-electron chi connectivity index (χ3n) is 3.45. The Morgan fingerprint density at radius 3 is 2.20 bits per heavy atom. The van der Waals surface area contributed by atoms with Crippen molar-refractivity contribution in [2.75, 3.05) is 6.61 Å². The fraction of sp³-hybridized carbons (Fsp3) is 1.00. The molecule has 15 heavy (non-hydrogen) atoms. The Morgan fingerprint density at radius 1 is 1.13 bits per heavy atom. The van der Waals surface area contributed by atoms with Crippen LogP contribution in [0, 0.1) is 11.8 Å². The topological polar surface area (TPSA) is 32.3 Å². The summed E-state index contributed by atoms with van der Waals surface area (Å²) in [5.41, 5.74) is 0. The van der Waals surface area contributed by atoms with Gasteiger partial charge in [0.2, 0.25) is 0 Å². The molecule has 1 aliphatic carbocycles. The molecule has 1 saturated carbocycles. The van der Waals surface area contributed by atoms with E-state index in [0.717, 1.165) is 5.92 Å². The van der Waals surface area contributed by atoms with Crippen molar-refractivity contribution in [3.63, 3.8) is 0 Å². The van der Waals surface area contributed by atoms with Crippen LogP contribution in [0.15, 0.2) is 0 Å². The van der Waals surface area contributed by atoms with Gasteiger partial charge >= 0.3 is 0 Å². The number of hydrogen-bond acceptors (Lipinski definition) is 2. The Balaban J connectivity index is 2.17. The van der Waals surface area contributed by atoms with Crippen LogP contribution in [-0.2, 0) is 0 Å². The van der Waals surface area contributed by atoms with Crippen LogP contribution in [-0.4, -0.2) is 23.8 Å². The van der Waals surface area contributed by atoms with E-state index in [2.05, 4.69) is 26.1 Å². The van der Waals surface area contributed by atoms with Crippen LogP contribution in [0.4, 0.5) is 0 Å². The number of hydrogen-bond donors (Lipinski definition) is 2. The van der Waals surface area contributed by atoms with Crippen molar-refractivity contribution < 1.29 is 5.11 Å². The lowest BCUT2D eigenvalue weighted by Crippen LogP contribution is -2.40. The molecule has 0 spiro atoms. The Bertz CT molecular complexity index is 162. The zero-order valence-electron chi connectivity index (χ0n) is 10.5. The van der Waals surface area contributed by atoms with Crippen molar-refractivity contribution in [3.8, 4) is 0 Å². The minimum absolute atomic E-state index is 0.383. The van der Waals surface area contributed by atoms with Crippen LogP contribution in [0.3, 0.4) is 0 Å². The van der Waals surface area contributed by atoms with Gasteiger partial charge in [0.1, 0.15) is 0 Å². The van der Waals surface area contributed by atoms with Crippen LogP contribution in [0.25, 0.3) is 0 Å². The molecule has 0 aromatic rings. The summed E-state index contributed by atoms with van der Waals surface area (Å²) in [7, 11) is 0. The largest absolute Gasteiger partial charge is 0.396 e. The Hall–Kier alpha value is -0.0800. The molecule has 0 aromatic heterocycles. The normalized spacial score (nSPS) is 29.4. The predicted octanol–water partition coefficient (Wildman–Crippen LogP) is 2.56. The lowest BCUT2D eigenvalue weighted by molar-refractivity contribution is 0.171. The summed E-state index contributed by atoms with van der Waals surface area (Å²) < 4.78 is 0. The number of rotatable bonds is 5. The minimum Gasteiger partial charge on any atom is -0.396 e. The van der Waals surface area contributed by atoms with Gasteiger partial charge in [-0.15, -0.1) is 0 Å². The maximum absolute atomic E-state index is 9.06. The quantitative estimate of drug-likeness (QED) is 0.735. The van der Waals surface area contributed by atoms with E-state index in [0.29, 0.717) is 24.6 Å². The molecule has 90 valence electrons. The first-order valence-corrected chi connectivity index (χ1v) is 6.48. The number of nitrogens with one attached hydrogen (secondary N) is 1. The van der Waals surface area contributed by atoms with E-state index in [1.807, 2.05) is 0 Å². The zero-order chi connectivity index (χ0) is 11.3. The molecule has 0 aromatic carbocycles. The first-order valence-electron chi connectivity index (χ1n) is 6.48. The van der Waals surface area contributed by atoms with Crippen LogP contribution in [0.5, 0.6) is 0 Å². The molecule has 1 aliphatic rings. The van der Waals surface area contributed by atoms with Crippen LogP contribution in [0.1, 0.15) is 52.9 Å². The average molecular weight is 213 g/mol. The van der Waals surface area contributed by atoms with E-state index >= 15 is 0 Å². The van der Waals surface area contributed by atoms with Crippen molar-refractivity contribution in [2.45, 2.75) is 65.0 Å². The summed E-state index contributed by atoms with van der Waals surface area (Å²) in [6.45, 7) is 7.23. The Morgan fingerprint density at radius 2 is 1.73 bits per heavy atom. The molecule has 1 unspecified atom stereocenters. The summed E-state index contributed by atoms with van der Waals surface area (Å²) in [6.07, 6.45) is 6.15. The summed E-state index contributed by atoms with van der Waals surface area (Å²) in [5, 5.41) is 12.8. The van der Waals surface area contributed by atoms with E-state index in [1.165, 1.54) is 32.1 Å². The summed E-state index contributed by atoms with van der Waals surface area (Å²) >= 11 is 0. The molecule has 1 rings (SSSR count). The highest BCUT2D eigenvalue weighted by molar-refractivity contribution is 4.79. The first kappa shape index (κ1) is 13.0. The molecule has 0 saturated heterocycles. The van der Waals surface area contributed by atoms with Crippen LogP contribution >= 0.6 is 0 Å². The monoisotopic (exact) mass is 213 g/mol. The smallest absolute Gasteiger partial charge is 0.0459 e. The SMILES string of the molecule is CC(C)CC(C)NC1CCC(CO)CC1. The van der Waals surface area contributed by atoms with Crippen LogP contribution < -0.4 is 5.32 Å². The van der Waals surface area contributed by atoms with E-state index in [1.54, 1.807) is 0 Å². The maximum Gasteiger partial charge on any atom is 0.0459 e. The maximum atomic E-state index is 9.06. The number of aliphatic hydroxyl groups is 1. The highest BCUT2D eigenvalue weighted by atomic mass is 16.3. The van der Waals surface area contributed by atoms with E-state index in [-0.39, 0.29) is 0 Å². The van der Waals surface area contributed by atoms with Crippen LogP contribution in [0.2, 0.25) is 0 Å². The number of aliphatic hydroxyl groups excluding tert-OH is 1. The molecule has 2 nitrogen and oxygen atoms in total. The second-order valence-corrected chi connectivity index (χ2v) is 5.60. The van der Waals surface area contributed by atoms with Gasteiger partial charge in [-0.05, 0) is 50.9 Å². The Kier molecular flexibility index (Phi) is 5.62. The van der Waals surface area contributed by atoms with E-state index < -0.39 is 0 Å². The molecule has 2 N–H and O–H groups in total. The first-order chi connectivity index (χ1) is 7.11. The second kappa shape index (κ2) is 6.49. The molecule has 0 heterocycles. The molecule has 0 bridgehead atoms. The van der Waals surface area contributed by atoms with Crippen molar-refractivity contribution in [2.24, 2.45) is 11.8 Å². The van der Waals surface area contributed by atoms with Gasteiger partial charge in [-0.1, -0.05) is 13.8 Å². The summed E-state index contributed by atoms with van der Waals surface area (Å²) in [6, 6.07) is 1.34. The predicted molar refractivity (Wildman–Crippen MR) is 64.9 cm³/mol. The van der Waals surface area contributed by atoms with Gasteiger partial charge in [0.15, 0.2) is 0 Å². The van der Waals surface area contributed by atoms with E-state index in [4.69, 9.17) is 5.11 Å². The van der Waals surface area contributed by atoms with Gasteiger partial charge in [0, 0.05) is 18.7 Å². The molecule has 1 atom stereocenters. The fourth-order valence-corrected chi connectivity index (χ4v) is 2.69. The molecular weight excluding hydrogens is 186 g/mol. The highest BCUT2D eigenvalue weighted by Crippen LogP contribution is 2.24. The molecular formula is C13H27NO. The van der Waals surface area contributed by atoms with Gasteiger partial charge in [0.25, 0.3) is 0 Å². The van der Waals surface area contributed by atoms with Gasteiger partial charge in [-0.3, -0.25) is 0 Å². The summed E-state index contributed by atoms with van der Waals surface area (Å²) in [5.74, 6) is 1.35. The Labute approximate surface area is 94.5 Å². The fourth-order valence-electron chi connectivity index (χ4n) is 2.69. The van der Waals surface area contributed by atoms with Gasteiger partial charge in [-0.2, -0.15) is 0 Å². The standard InChI is InChI=1S/C13H27NO/c1-10(2)8-11(3)14-13-6-4-12(9-15)5-7-13/h10-15H,4-9H2,1-3H3. The average Bonchev–Trinajstić information content (AvgIpc) is 2.17. The van der Waals surface area contributed by atoms with Gasteiger partial charge < -0.3 is 10.4 Å². The molecule has 0 amide bonds. The molecule has 0 aliphatic heterocycles. The molecule has 1 fully saturated rings. The van der Waals surface area contributed by atoms with Crippen molar-refractivity contribution in [1.82, 2.24) is 5.32 Å². The third-order valence-corrected chi connectivity index (χ3v) is 3.45. The summed E-state index contributed by atoms with van der Waals surface area (Å²) in [4.78, 5) is 0. The van der Waals surface area contributed by atoms with Gasteiger partial charge in [-0.25, -0.2) is 0 Å². The minimum atomic E-state index is 0.383. The molecule has 0 radical (unpaired) electrons. The third kappa shape index (κ3) is 4.98. The van der Waals surface area contributed by atoms with Crippen molar-refractivity contribution in [3.05, 3.63) is 0 Å². The lowest BCUT2D eigenvalue weighted by atomic mass is 9.86. The van der Waals surface area contributed by atoms with E-state index in [9.17, 15) is 0 Å².